The third kappa shape index (κ3) is 4.40. The Morgan fingerprint density at radius 3 is 2.26 bits per heavy atom. The van der Waals surface area contributed by atoms with Crippen molar-refractivity contribution in [2.24, 2.45) is 17.3 Å². The molecule has 3 N–H and O–H groups in total. The highest BCUT2D eigenvalue weighted by Crippen LogP contribution is 2.63. The van der Waals surface area contributed by atoms with Gasteiger partial charge >= 0.3 is 12.1 Å². The molecule has 5 rings (SSSR count). The Labute approximate surface area is 205 Å². The van der Waals surface area contributed by atoms with E-state index >= 15 is 0 Å². The number of carboxylic acids is 1. The molecule has 0 bridgehead atoms. The van der Waals surface area contributed by atoms with Crippen LogP contribution < -0.4 is 10.6 Å². The monoisotopic (exact) mass is 476 g/mol. The summed E-state index contributed by atoms with van der Waals surface area (Å²) in [6, 6.07) is 15.4. The van der Waals surface area contributed by atoms with Crippen LogP contribution in [0.5, 0.6) is 0 Å². The van der Waals surface area contributed by atoms with Crippen LogP contribution in [-0.2, 0) is 14.3 Å². The van der Waals surface area contributed by atoms with Gasteiger partial charge < -0.3 is 20.5 Å². The van der Waals surface area contributed by atoms with E-state index in [1.165, 1.54) is 11.1 Å². The second kappa shape index (κ2) is 9.02. The highest BCUT2D eigenvalue weighted by atomic mass is 16.5. The van der Waals surface area contributed by atoms with Gasteiger partial charge in [-0.2, -0.15) is 0 Å². The van der Waals surface area contributed by atoms with Crippen molar-refractivity contribution in [1.82, 2.24) is 10.6 Å². The van der Waals surface area contributed by atoms with Crippen LogP contribution in [0.4, 0.5) is 4.79 Å². The molecular formula is C28H32N2O5. The van der Waals surface area contributed by atoms with E-state index in [-0.39, 0.29) is 36.3 Å². The fourth-order valence-electron chi connectivity index (χ4n) is 6.09. The molecule has 2 aromatic carbocycles. The quantitative estimate of drug-likeness (QED) is 0.527. The van der Waals surface area contributed by atoms with Crippen molar-refractivity contribution in [3.8, 4) is 11.1 Å². The van der Waals surface area contributed by atoms with E-state index in [4.69, 9.17) is 4.74 Å². The maximum atomic E-state index is 13.0. The molecule has 2 amide bonds. The molecule has 2 aromatic rings. The molecule has 0 aliphatic heterocycles. The number of hydrogen-bond donors (Lipinski definition) is 3. The van der Waals surface area contributed by atoms with Crippen LogP contribution in [0.1, 0.15) is 56.6 Å². The fraction of sp³-hybridized carbons (Fsp3) is 0.464. The SMILES string of the molecule is CC(C)C[C@@H](NC(=O)[C@]12C[C@H](NC(=O)OCC3c4ccccc4-c4ccccc43)C[C@H]1C2)C(=O)O. The first-order chi connectivity index (χ1) is 16.8. The lowest BCUT2D eigenvalue weighted by atomic mass is 9.98. The number of amides is 2. The molecule has 4 atom stereocenters. The number of hydrogen-bond acceptors (Lipinski definition) is 4. The van der Waals surface area contributed by atoms with Gasteiger partial charge in [0.25, 0.3) is 0 Å². The van der Waals surface area contributed by atoms with Crippen LogP contribution in [0.25, 0.3) is 11.1 Å². The third-order valence-corrected chi connectivity index (χ3v) is 7.84. The van der Waals surface area contributed by atoms with Crippen molar-refractivity contribution in [1.29, 1.82) is 0 Å². The van der Waals surface area contributed by atoms with Crippen LogP contribution in [0.2, 0.25) is 0 Å². The first-order valence-corrected chi connectivity index (χ1v) is 12.4. The lowest BCUT2D eigenvalue weighted by Crippen LogP contribution is -2.46. The van der Waals surface area contributed by atoms with Crippen molar-refractivity contribution in [2.45, 2.75) is 57.5 Å². The number of alkyl carbamates (subject to hydrolysis) is 1. The lowest BCUT2D eigenvalue weighted by Gasteiger charge is -2.22. The number of ether oxygens (including phenoxy) is 1. The number of benzene rings is 2. The number of carbonyl (C=O) groups is 3. The Morgan fingerprint density at radius 1 is 1.03 bits per heavy atom. The zero-order chi connectivity index (χ0) is 24.7. The number of carboxylic acid groups (broad SMARTS) is 1. The van der Waals surface area contributed by atoms with E-state index in [2.05, 4.69) is 34.9 Å². The summed E-state index contributed by atoms with van der Waals surface area (Å²) in [6.07, 6.45) is 1.89. The Balaban J connectivity index is 1.16. The van der Waals surface area contributed by atoms with Crippen LogP contribution >= 0.6 is 0 Å². The van der Waals surface area contributed by atoms with Gasteiger partial charge in [0, 0.05) is 12.0 Å². The van der Waals surface area contributed by atoms with E-state index in [0.717, 1.165) is 17.5 Å². The Bertz CT molecular complexity index is 1120. The van der Waals surface area contributed by atoms with Gasteiger partial charge in [0.05, 0.1) is 5.41 Å². The maximum absolute atomic E-state index is 13.0. The Kier molecular flexibility index (Phi) is 6.03. The molecule has 7 heteroatoms. The minimum absolute atomic E-state index is 0.00356. The number of fused-ring (bicyclic) bond motifs is 4. The smallest absolute Gasteiger partial charge is 0.407 e. The Hall–Kier alpha value is -3.35. The summed E-state index contributed by atoms with van der Waals surface area (Å²) in [6.45, 7) is 4.12. The zero-order valence-corrected chi connectivity index (χ0v) is 20.1. The van der Waals surface area contributed by atoms with E-state index in [1.807, 2.05) is 38.1 Å². The van der Waals surface area contributed by atoms with E-state index < -0.39 is 23.5 Å². The minimum Gasteiger partial charge on any atom is -0.480 e. The summed E-state index contributed by atoms with van der Waals surface area (Å²) in [7, 11) is 0. The van der Waals surface area contributed by atoms with Gasteiger partial charge in [0.2, 0.25) is 5.91 Å². The van der Waals surface area contributed by atoms with Gasteiger partial charge in [0.15, 0.2) is 0 Å². The summed E-state index contributed by atoms with van der Waals surface area (Å²) in [4.78, 5) is 37.2. The van der Waals surface area contributed by atoms with E-state index in [9.17, 15) is 19.5 Å². The van der Waals surface area contributed by atoms with Gasteiger partial charge in [-0.1, -0.05) is 62.4 Å². The maximum Gasteiger partial charge on any atom is 0.407 e. The number of aliphatic carboxylic acids is 1. The molecule has 0 saturated heterocycles. The lowest BCUT2D eigenvalue weighted by molar-refractivity contribution is -0.143. The second-order valence-electron chi connectivity index (χ2n) is 10.7. The van der Waals surface area contributed by atoms with Gasteiger partial charge in [-0.25, -0.2) is 9.59 Å². The van der Waals surface area contributed by atoms with E-state index in [0.29, 0.717) is 19.3 Å². The Morgan fingerprint density at radius 2 is 1.66 bits per heavy atom. The summed E-state index contributed by atoms with van der Waals surface area (Å²) in [5, 5.41) is 15.2. The average Bonchev–Trinajstić information content (AvgIpc) is 3.25. The van der Waals surface area contributed by atoms with Crippen LogP contribution in [0.3, 0.4) is 0 Å². The largest absolute Gasteiger partial charge is 0.480 e. The van der Waals surface area contributed by atoms with Gasteiger partial charge in [-0.3, -0.25) is 4.79 Å². The van der Waals surface area contributed by atoms with Crippen LogP contribution in [-0.4, -0.2) is 41.8 Å². The standard InChI is InChI=1S/C28H32N2O5/c1-16(2)11-24(25(31)32)30-26(33)28-13-17(28)12-18(14-28)29-27(34)35-15-23-21-9-5-3-7-19(21)20-8-4-6-10-22(20)23/h3-10,16-18,23-24H,11-15H2,1-2H3,(H,29,34)(H,30,33)(H,31,32)/t17-,18+,24+,28+/m0/s1. The van der Waals surface area contributed by atoms with Crippen molar-refractivity contribution < 1.29 is 24.2 Å². The van der Waals surface area contributed by atoms with Gasteiger partial charge in [-0.05, 0) is 59.8 Å². The second-order valence-corrected chi connectivity index (χ2v) is 10.7. The molecule has 3 aliphatic rings. The number of rotatable bonds is 8. The molecule has 0 spiro atoms. The molecule has 2 saturated carbocycles. The van der Waals surface area contributed by atoms with Gasteiger partial charge in [-0.15, -0.1) is 0 Å². The third-order valence-electron chi connectivity index (χ3n) is 7.84. The molecule has 2 fully saturated rings. The highest BCUT2D eigenvalue weighted by Gasteiger charge is 2.65. The van der Waals surface area contributed by atoms with Crippen molar-refractivity contribution in [3.63, 3.8) is 0 Å². The van der Waals surface area contributed by atoms with Crippen LogP contribution in [0.15, 0.2) is 48.5 Å². The summed E-state index contributed by atoms with van der Waals surface area (Å²) in [5.74, 6) is -0.874. The van der Waals surface area contributed by atoms with Crippen molar-refractivity contribution >= 4 is 18.0 Å². The van der Waals surface area contributed by atoms with E-state index in [1.54, 1.807) is 0 Å². The normalized spacial score (nSPS) is 24.8. The molecular weight excluding hydrogens is 444 g/mol. The summed E-state index contributed by atoms with van der Waals surface area (Å²) >= 11 is 0. The molecule has 0 heterocycles. The average molecular weight is 477 g/mol. The fourth-order valence-corrected chi connectivity index (χ4v) is 6.09. The summed E-state index contributed by atoms with van der Waals surface area (Å²) in [5.41, 5.74) is 4.12. The number of nitrogens with one attached hydrogen (secondary N) is 2. The van der Waals surface area contributed by atoms with Crippen molar-refractivity contribution in [2.75, 3.05) is 6.61 Å². The predicted molar refractivity (Wildman–Crippen MR) is 131 cm³/mol. The first-order valence-electron chi connectivity index (χ1n) is 12.4. The molecule has 3 aliphatic carbocycles. The topological polar surface area (TPSA) is 105 Å². The molecule has 7 nitrogen and oxygen atoms in total. The van der Waals surface area contributed by atoms with Gasteiger partial charge in [0.1, 0.15) is 12.6 Å². The summed E-state index contributed by atoms with van der Waals surface area (Å²) < 4.78 is 5.66. The molecule has 35 heavy (non-hydrogen) atoms. The minimum atomic E-state index is -1.01. The highest BCUT2D eigenvalue weighted by molar-refractivity contribution is 5.90. The molecule has 184 valence electrons. The first kappa shape index (κ1) is 23.4. The number of carbonyl (C=O) groups excluding carboxylic acids is 2. The zero-order valence-electron chi connectivity index (χ0n) is 20.1. The molecule has 0 unspecified atom stereocenters. The van der Waals surface area contributed by atoms with Crippen LogP contribution in [0, 0.1) is 17.3 Å². The van der Waals surface area contributed by atoms with Crippen molar-refractivity contribution in [3.05, 3.63) is 59.7 Å². The molecule has 0 radical (unpaired) electrons. The predicted octanol–water partition coefficient (Wildman–Crippen LogP) is 4.31. The molecule has 0 aromatic heterocycles.